The molecule has 18 heavy (non-hydrogen) atoms. The number of carbonyl (C=O) groups is 1. The normalized spacial score (nSPS) is 9.44. The van der Waals surface area contributed by atoms with Crippen LogP contribution in [0.3, 0.4) is 0 Å². The van der Waals surface area contributed by atoms with E-state index in [1.807, 2.05) is 0 Å². The van der Waals surface area contributed by atoms with Gasteiger partial charge in [-0.15, -0.1) is 12.4 Å². The van der Waals surface area contributed by atoms with Crippen molar-refractivity contribution >= 4 is 47.3 Å². The van der Waals surface area contributed by atoms with E-state index in [4.69, 9.17) is 23.2 Å². The van der Waals surface area contributed by atoms with Crippen molar-refractivity contribution in [2.45, 2.75) is 0 Å². The van der Waals surface area contributed by atoms with Crippen LogP contribution in [0, 0.1) is 0 Å². The van der Waals surface area contributed by atoms with Gasteiger partial charge in [0.2, 0.25) is 0 Å². The van der Waals surface area contributed by atoms with Crippen molar-refractivity contribution in [3.8, 4) is 0 Å². The predicted octanol–water partition coefficient (Wildman–Crippen LogP) is 4.06. The van der Waals surface area contributed by atoms with E-state index in [1.165, 1.54) is 0 Å². The molecular formula is C12H9Cl3N2O. The topological polar surface area (TPSA) is 42.0 Å². The molecule has 1 aromatic carbocycles. The number of anilines is 1. The second-order valence-corrected chi connectivity index (χ2v) is 4.14. The quantitative estimate of drug-likeness (QED) is 0.909. The van der Waals surface area contributed by atoms with Crippen molar-refractivity contribution in [1.82, 2.24) is 4.98 Å². The predicted molar refractivity (Wildman–Crippen MR) is 75.9 cm³/mol. The lowest BCUT2D eigenvalue weighted by atomic mass is 10.2. The summed E-state index contributed by atoms with van der Waals surface area (Å²) in [5.41, 5.74) is 0.496. The Bertz CT molecular complexity index is 543. The highest BCUT2D eigenvalue weighted by atomic mass is 35.5. The molecule has 0 unspecified atom stereocenters. The Morgan fingerprint density at radius 1 is 1.11 bits per heavy atom. The van der Waals surface area contributed by atoms with Crippen molar-refractivity contribution in [2.24, 2.45) is 0 Å². The Hall–Kier alpha value is -1.29. The van der Waals surface area contributed by atoms with Gasteiger partial charge in [0.15, 0.2) is 5.82 Å². The lowest BCUT2D eigenvalue weighted by Gasteiger charge is -2.05. The summed E-state index contributed by atoms with van der Waals surface area (Å²) >= 11 is 11.6. The highest BCUT2D eigenvalue weighted by Crippen LogP contribution is 2.18. The minimum atomic E-state index is -0.276. The van der Waals surface area contributed by atoms with Gasteiger partial charge in [0, 0.05) is 16.8 Å². The molecule has 1 amide bonds. The summed E-state index contributed by atoms with van der Waals surface area (Å²) in [6.45, 7) is 0. The van der Waals surface area contributed by atoms with Crippen LogP contribution in [0.5, 0.6) is 0 Å². The average molecular weight is 304 g/mol. The SMILES string of the molecule is Cl.O=C(Nc1ncccc1Cl)c1ccc(Cl)cc1. The van der Waals surface area contributed by atoms with E-state index < -0.39 is 0 Å². The molecule has 0 aliphatic heterocycles. The molecule has 1 aromatic heterocycles. The molecule has 0 radical (unpaired) electrons. The molecule has 0 fully saturated rings. The number of halogens is 3. The van der Waals surface area contributed by atoms with Gasteiger partial charge in [0.05, 0.1) is 5.02 Å². The molecule has 6 heteroatoms. The Morgan fingerprint density at radius 2 is 1.78 bits per heavy atom. The van der Waals surface area contributed by atoms with Gasteiger partial charge in [-0.25, -0.2) is 4.98 Å². The van der Waals surface area contributed by atoms with Crippen LogP contribution in [-0.4, -0.2) is 10.9 Å². The van der Waals surface area contributed by atoms with E-state index in [0.717, 1.165) is 0 Å². The molecule has 1 N–H and O–H groups in total. The molecular weight excluding hydrogens is 295 g/mol. The van der Waals surface area contributed by atoms with Crippen molar-refractivity contribution in [2.75, 3.05) is 5.32 Å². The standard InChI is InChI=1S/C12H8Cl2N2O.ClH/c13-9-5-3-8(4-6-9)12(17)16-11-10(14)2-1-7-15-11;/h1-7H,(H,15,16,17);1H. The molecule has 0 saturated carbocycles. The maximum absolute atomic E-state index is 11.8. The summed E-state index contributed by atoms with van der Waals surface area (Å²) in [6.07, 6.45) is 1.56. The van der Waals surface area contributed by atoms with Crippen molar-refractivity contribution in [3.63, 3.8) is 0 Å². The van der Waals surface area contributed by atoms with Crippen LogP contribution in [0.4, 0.5) is 5.82 Å². The van der Waals surface area contributed by atoms with Gasteiger partial charge in [-0.2, -0.15) is 0 Å². The second-order valence-electron chi connectivity index (χ2n) is 3.29. The average Bonchev–Trinajstić information content (AvgIpc) is 2.33. The third-order valence-electron chi connectivity index (χ3n) is 2.10. The van der Waals surface area contributed by atoms with Crippen LogP contribution in [0.1, 0.15) is 10.4 Å². The fourth-order valence-corrected chi connectivity index (χ4v) is 1.55. The highest BCUT2D eigenvalue weighted by molar-refractivity contribution is 6.33. The first-order valence-corrected chi connectivity index (χ1v) is 5.60. The maximum Gasteiger partial charge on any atom is 0.256 e. The molecule has 0 bridgehead atoms. The zero-order valence-electron chi connectivity index (χ0n) is 9.06. The van der Waals surface area contributed by atoms with Crippen LogP contribution in [0.15, 0.2) is 42.6 Å². The summed E-state index contributed by atoms with van der Waals surface area (Å²) < 4.78 is 0. The molecule has 94 valence electrons. The fraction of sp³-hybridized carbons (Fsp3) is 0. The van der Waals surface area contributed by atoms with Crippen molar-refractivity contribution < 1.29 is 4.79 Å². The Kier molecular flexibility index (Phi) is 5.41. The van der Waals surface area contributed by atoms with Gasteiger partial charge in [-0.1, -0.05) is 23.2 Å². The van der Waals surface area contributed by atoms with Gasteiger partial charge in [0.25, 0.3) is 5.91 Å². The van der Waals surface area contributed by atoms with Gasteiger partial charge in [-0.05, 0) is 36.4 Å². The summed E-state index contributed by atoms with van der Waals surface area (Å²) in [4.78, 5) is 15.8. The number of hydrogen-bond acceptors (Lipinski definition) is 2. The lowest BCUT2D eigenvalue weighted by Crippen LogP contribution is -2.12. The summed E-state index contributed by atoms with van der Waals surface area (Å²) in [6, 6.07) is 9.92. The molecule has 2 aromatic rings. The molecule has 0 aliphatic rings. The minimum absolute atomic E-state index is 0. The summed E-state index contributed by atoms with van der Waals surface area (Å²) in [5, 5.41) is 3.60. The number of benzene rings is 1. The zero-order chi connectivity index (χ0) is 12.3. The molecule has 1 heterocycles. The van der Waals surface area contributed by atoms with Crippen LogP contribution in [0.2, 0.25) is 10.0 Å². The van der Waals surface area contributed by atoms with Crippen molar-refractivity contribution in [1.29, 1.82) is 0 Å². The van der Waals surface area contributed by atoms with E-state index >= 15 is 0 Å². The van der Waals surface area contributed by atoms with E-state index in [-0.39, 0.29) is 18.3 Å². The number of hydrogen-bond donors (Lipinski definition) is 1. The minimum Gasteiger partial charge on any atom is -0.305 e. The first-order chi connectivity index (χ1) is 8.16. The molecule has 0 aliphatic carbocycles. The second kappa shape index (κ2) is 6.59. The van der Waals surface area contributed by atoms with Crippen LogP contribution in [-0.2, 0) is 0 Å². The number of nitrogens with zero attached hydrogens (tertiary/aromatic N) is 1. The molecule has 0 saturated heterocycles. The van der Waals surface area contributed by atoms with Crippen LogP contribution < -0.4 is 5.32 Å². The smallest absolute Gasteiger partial charge is 0.256 e. The van der Waals surface area contributed by atoms with E-state index in [2.05, 4.69) is 10.3 Å². The monoisotopic (exact) mass is 302 g/mol. The number of pyridine rings is 1. The van der Waals surface area contributed by atoms with Crippen molar-refractivity contribution in [3.05, 3.63) is 58.2 Å². The Morgan fingerprint density at radius 3 is 2.39 bits per heavy atom. The molecule has 0 spiro atoms. The molecule has 3 nitrogen and oxygen atoms in total. The largest absolute Gasteiger partial charge is 0.305 e. The van der Waals surface area contributed by atoms with Crippen LogP contribution >= 0.6 is 35.6 Å². The van der Waals surface area contributed by atoms with E-state index in [9.17, 15) is 4.79 Å². The van der Waals surface area contributed by atoms with Crippen LogP contribution in [0.25, 0.3) is 0 Å². The Balaban J connectivity index is 0.00000162. The highest BCUT2D eigenvalue weighted by Gasteiger charge is 2.08. The van der Waals surface area contributed by atoms with Gasteiger partial charge in [0.1, 0.15) is 0 Å². The Labute approximate surface area is 121 Å². The third-order valence-corrected chi connectivity index (χ3v) is 2.65. The zero-order valence-corrected chi connectivity index (χ0v) is 11.4. The number of nitrogens with one attached hydrogen (secondary N) is 1. The number of amides is 1. The van der Waals surface area contributed by atoms with E-state index in [1.54, 1.807) is 42.6 Å². The molecule has 0 atom stereocenters. The summed E-state index contributed by atoms with van der Waals surface area (Å²) in [5.74, 6) is 0.0661. The first-order valence-electron chi connectivity index (χ1n) is 4.84. The van der Waals surface area contributed by atoms with Gasteiger partial charge < -0.3 is 5.32 Å². The van der Waals surface area contributed by atoms with Gasteiger partial charge >= 0.3 is 0 Å². The number of carbonyl (C=O) groups excluding carboxylic acids is 1. The van der Waals surface area contributed by atoms with Gasteiger partial charge in [-0.3, -0.25) is 4.79 Å². The number of aromatic nitrogens is 1. The maximum atomic E-state index is 11.8. The molecule has 2 rings (SSSR count). The third kappa shape index (κ3) is 3.60. The lowest BCUT2D eigenvalue weighted by molar-refractivity contribution is 0.102. The summed E-state index contributed by atoms with van der Waals surface area (Å²) in [7, 11) is 0. The van der Waals surface area contributed by atoms with E-state index in [0.29, 0.717) is 21.4 Å². The number of rotatable bonds is 2. The first kappa shape index (κ1) is 14.8. The fourth-order valence-electron chi connectivity index (χ4n) is 1.26.